The van der Waals surface area contributed by atoms with E-state index in [9.17, 15) is 9.59 Å². The Hall–Kier alpha value is -1.76. The molecule has 1 amide bonds. The Morgan fingerprint density at radius 1 is 1.38 bits per heavy atom. The van der Waals surface area contributed by atoms with Gasteiger partial charge in [0.15, 0.2) is 0 Å². The number of hydrogen-bond acceptors (Lipinski definition) is 6. The standard InChI is InChI=1S/C14H23N3O3S/c1-5-7-8-17(6-2)13-9(12(18)16-3)10(15)11(21-13)14(19)20-4/h5-8,15H2,1-4H3,(H,16,18). The van der Waals surface area contributed by atoms with Crippen LogP contribution in [0.4, 0.5) is 10.7 Å². The number of anilines is 2. The molecule has 0 fully saturated rings. The van der Waals surface area contributed by atoms with Gasteiger partial charge in [0.05, 0.1) is 18.4 Å². The number of thiophene rings is 1. The summed E-state index contributed by atoms with van der Waals surface area (Å²) in [4.78, 5) is 26.3. The molecule has 0 aromatic carbocycles. The molecule has 118 valence electrons. The van der Waals surface area contributed by atoms with Gasteiger partial charge in [-0.2, -0.15) is 0 Å². The maximum absolute atomic E-state index is 12.1. The van der Waals surface area contributed by atoms with Crippen LogP contribution >= 0.6 is 11.3 Å². The minimum atomic E-state index is -0.513. The average molecular weight is 313 g/mol. The summed E-state index contributed by atoms with van der Waals surface area (Å²) in [7, 11) is 2.85. The van der Waals surface area contributed by atoms with Crippen LogP contribution in [0.15, 0.2) is 0 Å². The summed E-state index contributed by atoms with van der Waals surface area (Å²) < 4.78 is 4.73. The van der Waals surface area contributed by atoms with Gasteiger partial charge >= 0.3 is 5.97 Å². The van der Waals surface area contributed by atoms with Crippen molar-refractivity contribution in [3.8, 4) is 0 Å². The first-order valence-corrected chi connectivity index (χ1v) is 7.80. The first-order chi connectivity index (χ1) is 10.0. The predicted octanol–water partition coefficient (Wildman–Crippen LogP) is 2.10. The lowest BCUT2D eigenvalue weighted by Gasteiger charge is -2.22. The van der Waals surface area contributed by atoms with Gasteiger partial charge in [-0.3, -0.25) is 4.79 Å². The summed E-state index contributed by atoms with van der Waals surface area (Å²) >= 11 is 1.21. The molecule has 1 aromatic heterocycles. The van der Waals surface area contributed by atoms with Gasteiger partial charge in [-0.25, -0.2) is 4.79 Å². The highest BCUT2D eigenvalue weighted by Gasteiger charge is 2.27. The lowest BCUT2D eigenvalue weighted by atomic mass is 10.2. The number of nitrogens with zero attached hydrogens (tertiary/aromatic N) is 1. The van der Waals surface area contributed by atoms with E-state index in [0.717, 1.165) is 30.9 Å². The molecule has 0 radical (unpaired) electrons. The topological polar surface area (TPSA) is 84.7 Å². The molecule has 0 saturated carbocycles. The van der Waals surface area contributed by atoms with Crippen LogP contribution in [0.5, 0.6) is 0 Å². The van der Waals surface area contributed by atoms with Gasteiger partial charge in [0, 0.05) is 20.1 Å². The Morgan fingerprint density at radius 3 is 2.52 bits per heavy atom. The van der Waals surface area contributed by atoms with Crippen molar-refractivity contribution in [3.63, 3.8) is 0 Å². The molecule has 1 heterocycles. The lowest BCUT2D eigenvalue weighted by Crippen LogP contribution is -2.27. The second-order valence-electron chi connectivity index (χ2n) is 4.53. The molecule has 0 saturated heterocycles. The summed E-state index contributed by atoms with van der Waals surface area (Å²) in [6.45, 7) is 5.68. The monoisotopic (exact) mass is 313 g/mol. The lowest BCUT2D eigenvalue weighted by molar-refractivity contribution is 0.0607. The molecule has 1 rings (SSSR count). The zero-order chi connectivity index (χ0) is 16.0. The van der Waals surface area contributed by atoms with Crippen molar-refractivity contribution in [2.75, 3.05) is 37.9 Å². The molecule has 0 spiro atoms. The van der Waals surface area contributed by atoms with Crippen LogP contribution in [-0.2, 0) is 4.74 Å². The van der Waals surface area contributed by atoms with Crippen LogP contribution in [0.25, 0.3) is 0 Å². The fourth-order valence-electron chi connectivity index (χ4n) is 2.00. The number of esters is 1. The van der Waals surface area contributed by atoms with E-state index in [0.29, 0.717) is 5.56 Å². The minimum absolute atomic E-state index is 0.191. The van der Waals surface area contributed by atoms with Crippen LogP contribution in [0.3, 0.4) is 0 Å². The highest BCUT2D eigenvalue weighted by atomic mass is 32.1. The van der Waals surface area contributed by atoms with Crippen molar-refractivity contribution in [2.24, 2.45) is 0 Å². The van der Waals surface area contributed by atoms with Crippen molar-refractivity contribution >= 4 is 33.9 Å². The van der Waals surface area contributed by atoms with Crippen LogP contribution in [0, 0.1) is 0 Å². The van der Waals surface area contributed by atoms with E-state index in [1.54, 1.807) is 7.05 Å². The number of amides is 1. The molecule has 0 aliphatic rings. The van der Waals surface area contributed by atoms with Crippen LogP contribution < -0.4 is 16.0 Å². The number of rotatable bonds is 7. The van der Waals surface area contributed by atoms with E-state index in [1.165, 1.54) is 18.4 Å². The molecular weight excluding hydrogens is 290 g/mol. The second kappa shape index (κ2) is 7.87. The molecule has 0 unspecified atom stereocenters. The summed E-state index contributed by atoms with van der Waals surface area (Å²) in [5.74, 6) is -0.802. The molecule has 1 aromatic rings. The Bertz CT molecular complexity index is 514. The summed E-state index contributed by atoms with van der Waals surface area (Å²) in [6.07, 6.45) is 2.06. The fourth-order valence-corrected chi connectivity index (χ4v) is 3.22. The summed E-state index contributed by atoms with van der Waals surface area (Å²) in [5, 5.41) is 3.30. The smallest absolute Gasteiger partial charge is 0.350 e. The van der Waals surface area contributed by atoms with E-state index >= 15 is 0 Å². The Morgan fingerprint density at radius 2 is 2.05 bits per heavy atom. The summed E-state index contributed by atoms with van der Waals surface area (Å²) in [5.41, 5.74) is 6.55. The largest absolute Gasteiger partial charge is 0.465 e. The SMILES string of the molecule is CCCCN(CC)c1sc(C(=O)OC)c(N)c1C(=O)NC. The van der Waals surface area contributed by atoms with Crippen LogP contribution in [0.1, 0.15) is 46.7 Å². The van der Waals surface area contributed by atoms with Gasteiger partial charge in [-0.15, -0.1) is 11.3 Å². The van der Waals surface area contributed by atoms with Gasteiger partial charge in [0.25, 0.3) is 5.91 Å². The number of carbonyl (C=O) groups is 2. The van der Waals surface area contributed by atoms with Crippen LogP contribution in [0.2, 0.25) is 0 Å². The van der Waals surface area contributed by atoms with E-state index < -0.39 is 5.97 Å². The number of unbranched alkanes of at least 4 members (excludes halogenated alkanes) is 1. The third-order valence-corrected chi connectivity index (χ3v) is 4.45. The Balaban J connectivity index is 3.33. The van der Waals surface area contributed by atoms with Crippen molar-refractivity contribution in [2.45, 2.75) is 26.7 Å². The van der Waals surface area contributed by atoms with Crippen molar-refractivity contribution < 1.29 is 14.3 Å². The minimum Gasteiger partial charge on any atom is -0.465 e. The molecule has 0 aliphatic carbocycles. The number of nitrogen functional groups attached to an aromatic ring is 1. The first kappa shape index (κ1) is 17.3. The average Bonchev–Trinajstić information content (AvgIpc) is 2.84. The van der Waals surface area contributed by atoms with Crippen molar-refractivity contribution in [1.29, 1.82) is 0 Å². The fraction of sp³-hybridized carbons (Fsp3) is 0.571. The van der Waals surface area contributed by atoms with Crippen LogP contribution in [-0.4, -0.2) is 39.1 Å². The first-order valence-electron chi connectivity index (χ1n) is 6.99. The predicted molar refractivity (Wildman–Crippen MR) is 86.3 cm³/mol. The third kappa shape index (κ3) is 3.66. The maximum atomic E-state index is 12.1. The van der Waals surface area contributed by atoms with Gasteiger partial charge in [-0.1, -0.05) is 13.3 Å². The quantitative estimate of drug-likeness (QED) is 0.753. The molecule has 0 atom stereocenters. The number of nitrogens with two attached hydrogens (primary N) is 1. The third-order valence-electron chi connectivity index (χ3n) is 3.20. The van der Waals surface area contributed by atoms with E-state index in [1.807, 2.05) is 6.92 Å². The molecule has 6 nitrogen and oxygen atoms in total. The maximum Gasteiger partial charge on any atom is 0.350 e. The molecular formula is C14H23N3O3S. The van der Waals surface area contributed by atoms with E-state index in [-0.39, 0.29) is 16.5 Å². The highest BCUT2D eigenvalue weighted by Crippen LogP contribution is 2.38. The number of methoxy groups -OCH3 is 1. The number of nitrogens with one attached hydrogen (secondary N) is 1. The van der Waals surface area contributed by atoms with Crippen molar-refractivity contribution in [1.82, 2.24) is 5.32 Å². The molecule has 0 bridgehead atoms. The summed E-state index contributed by atoms with van der Waals surface area (Å²) in [6, 6.07) is 0. The Kier molecular flexibility index (Phi) is 6.48. The van der Waals surface area contributed by atoms with E-state index in [4.69, 9.17) is 10.5 Å². The molecule has 3 N–H and O–H groups in total. The van der Waals surface area contributed by atoms with E-state index in [2.05, 4.69) is 17.1 Å². The molecule has 7 heteroatoms. The van der Waals surface area contributed by atoms with Crippen molar-refractivity contribution in [3.05, 3.63) is 10.4 Å². The van der Waals surface area contributed by atoms with Gasteiger partial charge in [0.2, 0.25) is 0 Å². The molecule has 21 heavy (non-hydrogen) atoms. The Labute approximate surface area is 129 Å². The van der Waals surface area contributed by atoms with Gasteiger partial charge in [-0.05, 0) is 13.3 Å². The van der Waals surface area contributed by atoms with Gasteiger partial charge in [0.1, 0.15) is 9.88 Å². The number of hydrogen-bond donors (Lipinski definition) is 2. The number of ether oxygens (including phenoxy) is 1. The zero-order valence-corrected chi connectivity index (χ0v) is 13.8. The van der Waals surface area contributed by atoms with Gasteiger partial charge < -0.3 is 20.7 Å². The second-order valence-corrected chi connectivity index (χ2v) is 5.53. The highest BCUT2D eigenvalue weighted by molar-refractivity contribution is 7.19. The molecule has 0 aliphatic heterocycles. The number of carbonyl (C=O) groups excluding carboxylic acids is 2. The zero-order valence-electron chi connectivity index (χ0n) is 13.0. The normalized spacial score (nSPS) is 10.3.